The molecule has 1 aromatic rings. The molecule has 2 N–H and O–H groups in total. The number of halogens is 1. The van der Waals surface area contributed by atoms with Crippen molar-refractivity contribution >= 4 is 35.8 Å². The van der Waals surface area contributed by atoms with Crippen LogP contribution in [-0.4, -0.2) is 56.6 Å². The Bertz CT molecular complexity index is 677. The zero-order valence-electron chi connectivity index (χ0n) is 17.7. The van der Waals surface area contributed by atoms with Crippen LogP contribution in [0.5, 0.6) is 5.75 Å². The highest BCUT2D eigenvalue weighted by Crippen LogP contribution is 2.26. The molecule has 1 aromatic carbocycles. The third kappa shape index (κ3) is 7.04. The molecule has 0 bridgehead atoms. The molecule has 1 saturated carbocycles. The van der Waals surface area contributed by atoms with Crippen LogP contribution in [0.3, 0.4) is 0 Å². The maximum absolute atomic E-state index is 12.7. The van der Waals surface area contributed by atoms with Gasteiger partial charge >= 0.3 is 0 Å². The van der Waals surface area contributed by atoms with Crippen molar-refractivity contribution in [1.29, 1.82) is 0 Å². The molecule has 1 saturated heterocycles. The maximum Gasteiger partial charge on any atom is 0.225 e. The van der Waals surface area contributed by atoms with Gasteiger partial charge in [0.2, 0.25) is 5.91 Å². The van der Waals surface area contributed by atoms with E-state index in [-0.39, 0.29) is 35.9 Å². The molecule has 1 unspecified atom stereocenters. The van der Waals surface area contributed by atoms with Gasteiger partial charge in [-0.1, -0.05) is 31.4 Å². The molecule has 1 amide bonds. The molecule has 7 heteroatoms. The summed E-state index contributed by atoms with van der Waals surface area (Å²) >= 11 is 0. The Labute approximate surface area is 191 Å². The van der Waals surface area contributed by atoms with Crippen LogP contribution >= 0.6 is 24.0 Å². The summed E-state index contributed by atoms with van der Waals surface area (Å²) in [6.07, 6.45) is 7.71. The van der Waals surface area contributed by atoms with Crippen LogP contribution in [0.2, 0.25) is 0 Å². The number of hydrogen-bond acceptors (Lipinski definition) is 3. The molecule has 1 aliphatic carbocycles. The van der Waals surface area contributed by atoms with Crippen molar-refractivity contribution < 1.29 is 9.53 Å². The van der Waals surface area contributed by atoms with Gasteiger partial charge in [-0.15, -0.1) is 24.0 Å². The second-order valence-electron chi connectivity index (χ2n) is 7.85. The normalized spacial score (nSPS) is 20.1. The van der Waals surface area contributed by atoms with Gasteiger partial charge in [0, 0.05) is 38.6 Å². The van der Waals surface area contributed by atoms with Crippen molar-refractivity contribution in [2.45, 2.75) is 51.0 Å². The predicted octanol–water partition coefficient (Wildman–Crippen LogP) is 3.20. The number of benzene rings is 1. The third-order valence-electron chi connectivity index (χ3n) is 5.86. The summed E-state index contributed by atoms with van der Waals surface area (Å²) < 4.78 is 5.28. The van der Waals surface area contributed by atoms with Crippen LogP contribution in [-0.2, 0) is 11.2 Å². The van der Waals surface area contributed by atoms with E-state index in [1.807, 2.05) is 12.1 Å². The number of methoxy groups -OCH3 is 1. The molecular weight excluding hydrogens is 479 g/mol. The van der Waals surface area contributed by atoms with Crippen molar-refractivity contribution in [1.82, 2.24) is 15.5 Å². The van der Waals surface area contributed by atoms with Crippen LogP contribution in [0.4, 0.5) is 0 Å². The summed E-state index contributed by atoms with van der Waals surface area (Å²) in [5, 5.41) is 6.87. The lowest BCUT2D eigenvalue weighted by molar-refractivity contribution is -0.135. The first-order chi connectivity index (χ1) is 13.7. The van der Waals surface area contributed by atoms with Gasteiger partial charge in [0.1, 0.15) is 5.75 Å². The van der Waals surface area contributed by atoms with E-state index < -0.39 is 0 Å². The van der Waals surface area contributed by atoms with Crippen molar-refractivity contribution in [3.63, 3.8) is 0 Å². The van der Waals surface area contributed by atoms with Gasteiger partial charge in [-0.3, -0.25) is 9.79 Å². The fourth-order valence-corrected chi connectivity index (χ4v) is 4.23. The minimum Gasteiger partial charge on any atom is -0.497 e. The molecule has 2 aliphatic rings. The number of rotatable bonds is 6. The molecule has 1 aliphatic heterocycles. The number of nitrogens with zero attached hydrogens (tertiary/aromatic N) is 2. The van der Waals surface area contributed by atoms with Crippen LogP contribution in [0, 0.1) is 5.92 Å². The van der Waals surface area contributed by atoms with E-state index in [4.69, 9.17) is 4.74 Å². The molecule has 2 fully saturated rings. The number of amides is 1. The van der Waals surface area contributed by atoms with E-state index >= 15 is 0 Å². The van der Waals surface area contributed by atoms with E-state index in [1.54, 1.807) is 14.2 Å². The summed E-state index contributed by atoms with van der Waals surface area (Å²) in [6, 6.07) is 8.40. The Kier molecular flexibility index (Phi) is 10.0. The minimum absolute atomic E-state index is 0. The Balaban J connectivity index is 0.00000300. The van der Waals surface area contributed by atoms with E-state index in [0.717, 1.165) is 57.0 Å². The van der Waals surface area contributed by atoms with Crippen LogP contribution in [0.15, 0.2) is 29.3 Å². The number of hydrogen-bond donors (Lipinski definition) is 2. The summed E-state index contributed by atoms with van der Waals surface area (Å²) in [5.74, 6) is 2.31. The molecule has 0 aromatic heterocycles. The Morgan fingerprint density at radius 2 is 2.03 bits per heavy atom. The lowest BCUT2D eigenvalue weighted by Crippen LogP contribution is -2.46. The number of guanidine groups is 1. The third-order valence-corrected chi connectivity index (χ3v) is 5.86. The lowest BCUT2D eigenvalue weighted by Gasteiger charge is -2.26. The maximum atomic E-state index is 12.7. The SMILES string of the molecule is CN=C(NCCc1cccc(OC)c1)NC1CCN(C(=O)C2CCCCC2)C1.I. The fourth-order valence-electron chi connectivity index (χ4n) is 4.23. The summed E-state index contributed by atoms with van der Waals surface area (Å²) in [7, 11) is 3.48. The highest BCUT2D eigenvalue weighted by Gasteiger charge is 2.31. The number of carbonyl (C=O) groups excluding carboxylic acids is 1. The monoisotopic (exact) mass is 514 g/mol. The average Bonchev–Trinajstić information content (AvgIpc) is 3.21. The number of nitrogens with one attached hydrogen (secondary N) is 2. The Hall–Kier alpha value is -1.51. The number of likely N-dealkylation sites (tertiary alicyclic amines) is 1. The standard InChI is InChI=1S/C22H34N4O2.HI/c1-23-22(24-13-11-17-7-6-10-20(15-17)28-2)25-19-12-14-26(16-19)21(27)18-8-4-3-5-9-18;/h6-7,10,15,18-19H,3-5,8-9,11-14,16H2,1-2H3,(H2,23,24,25);1H. The molecule has 162 valence electrons. The average molecular weight is 514 g/mol. The molecule has 0 radical (unpaired) electrons. The van der Waals surface area contributed by atoms with E-state index in [0.29, 0.717) is 5.91 Å². The molecule has 1 heterocycles. The topological polar surface area (TPSA) is 66.0 Å². The van der Waals surface area contributed by atoms with Gasteiger partial charge in [-0.2, -0.15) is 0 Å². The highest BCUT2D eigenvalue weighted by molar-refractivity contribution is 14.0. The Morgan fingerprint density at radius 3 is 2.76 bits per heavy atom. The smallest absolute Gasteiger partial charge is 0.225 e. The first kappa shape index (κ1) is 23.8. The molecule has 1 atom stereocenters. The van der Waals surface area contributed by atoms with E-state index in [2.05, 4.69) is 32.7 Å². The number of aliphatic imine (C=N–C) groups is 1. The van der Waals surface area contributed by atoms with Crippen LogP contribution in [0.25, 0.3) is 0 Å². The molecule has 3 rings (SSSR count). The van der Waals surface area contributed by atoms with Gasteiger partial charge in [0.25, 0.3) is 0 Å². The van der Waals surface area contributed by atoms with Crippen molar-refractivity contribution in [3.8, 4) is 5.75 Å². The second kappa shape index (κ2) is 12.2. The van der Waals surface area contributed by atoms with Gasteiger partial charge in [0.05, 0.1) is 7.11 Å². The number of carbonyl (C=O) groups is 1. The molecule has 0 spiro atoms. The lowest BCUT2D eigenvalue weighted by atomic mass is 9.88. The van der Waals surface area contributed by atoms with Crippen molar-refractivity contribution in [2.75, 3.05) is 33.8 Å². The van der Waals surface area contributed by atoms with Crippen LogP contribution in [0.1, 0.15) is 44.1 Å². The largest absolute Gasteiger partial charge is 0.497 e. The van der Waals surface area contributed by atoms with Crippen molar-refractivity contribution in [3.05, 3.63) is 29.8 Å². The predicted molar refractivity (Wildman–Crippen MR) is 128 cm³/mol. The van der Waals surface area contributed by atoms with Crippen molar-refractivity contribution in [2.24, 2.45) is 10.9 Å². The first-order valence-electron chi connectivity index (χ1n) is 10.6. The first-order valence-corrected chi connectivity index (χ1v) is 10.6. The van der Waals surface area contributed by atoms with Gasteiger partial charge in [-0.05, 0) is 43.4 Å². The zero-order chi connectivity index (χ0) is 19.8. The van der Waals surface area contributed by atoms with Gasteiger partial charge in [-0.25, -0.2) is 0 Å². The van der Waals surface area contributed by atoms with Crippen LogP contribution < -0.4 is 15.4 Å². The van der Waals surface area contributed by atoms with E-state index in [1.165, 1.54) is 24.8 Å². The summed E-state index contributed by atoms with van der Waals surface area (Å²) in [5.41, 5.74) is 1.23. The highest BCUT2D eigenvalue weighted by atomic mass is 127. The molecular formula is C22H35IN4O2. The summed E-state index contributed by atoms with van der Waals surface area (Å²) in [6.45, 7) is 2.43. The fraction of sp³-hybridized carbons (Fsp3) is 0.636. The van der Waals surface area contributed by atoms with Gasteiger partial charge in [0.15, 0.2) is 5.96 Å². The molecule has 6 nitrogen and oxygen atoms in total. The van der Waals surface area contributed by atoms with E-state index in [9.17, 15) is 4.79 Å². The second-order valence-corrected chi connectivity index (χ2v) is 7.85. The quantitative estimate of drug-likeness (QED) is 0.348. The summed E-state index contributed by atoms with van der Waals surface area (Å²) in [4.78, 5) is 19.1. The molecule has 29 heavy (non-hydrogen) atoms. The minimum atomic E-state index is 0. The zero-order valence-corrected chi connectivity index (χ0v) is 20.0. The van der Waals surface area contributed by atoms with Gasteiger partial charge < -0.3 is 20.3 Å². The Morgan fingerprint density at radius 1 is 1.24 bits per heavy atom. The number of ether oxygens (including phenoxy) is 1.